The van der Waals surface area contributed by atoms with Crippen LogP contribution in [0.1, 0.15) is 15.9 Å². The highest BCUT2D eigenvalue weighted by Crippen LogP contribution is 2.31. The summed E-state index contributed by atoms with van der Waals surface area (Å²) in [7, 11) is -0.527. The molecule has 3 aromatic rings. The molecule has 9 heteroatoms. The van der Waals surface area contributed by atoms with Crippen LogP contribution in [0.25, 0.3) is 10.2 Å². The Morgan fingerprint density at radius 3 is 2.30 bits per heavy atom. The van der Waals surface area contributed by atoms with Crippen LogP contribution in [0, 0.1) is 6.92 Å². The van der Waals surface area contributed by atoms with Crippen LogP contribution in [0.4, 0.5) is 5.13 Å². The average molecular weight is 445 g/mol. The number of hydrogen-bond acceptors (Lipinski definition) is 6. The maximum absolute atomic E-state index is 12.9. The molecule has 1 aliphatic rings. The van der Waals surface area contributed by atoms with E-state index in [4.69, 9.17) is 4.98 Å². The third-order valence-electron chi connectivity index (χ3n) is 5.33. The first-order valence-corrected chi connectivity index (χ1v) is 12.0. The number of piperazine rings is 1. The van der Waals surface area contributed by atoms with Gasteiger partial charge in [-0.3, -0.25) is 4.79 Å². The minimum Gasteiger partial charge on any atom is -0.345 e. The van der Waals surface area contributed by atoms with E-state index in [1.165, 1.54) is 36.5 Å². The number of benzene rings is 2. The average Bonchev–Trinajstić information content (AvgIpc) is 3.19. The van der Waals surface area contributed by atoms with Crippen molar-refractivity contribution in [1.82, 2.24) is 14.2 Å². The fraction of sp³-hybridized carbons (Fsp3) is 0.333. The van der Waals surface area contributed by atoms with Crippen LogP contribution < -0.4 is 4.90 Å². The lowest BCUT2D eigenvalue weighted by Crippen LogP contribution is -2.48. The van der Waals surface area contributed by atoms with Crippen molar-refractivity contribution in [2.24, 2.45) is 0 Å². The predicted octanol–water partition coefficient (Wildman–Crippen LogP) is 2.82. The Kier molecular flexibility index (Phi) is 5.52. The fourth-order valence-electron chi connectivity index (χ4n) is 3.47. The normalized spacial score (nSPS) is 15.2. The Labute approximate surface area is 180 Å². The summed E-state index contributed by atoms with van der Waals surface area (Å²) in [5, 5.41) is 0.990. The molecule has 0 saturated carbocycles. The molecule has 1 aromatic heterocycles. The van der Waals surface area contributed by atoms with Gasteiger partial charge in [-0.15, -0.1) is 0 Å². The summed E-state index contributed by atoms with van der Waals surface area (Å²) < 4.78 is 26.7. The molecule has 2 aromatic carbocycles. The van der Waals surface area contributed by atoms with E-state index in [2.05, 4.69) is 24.0 Å². The first-order chi connectivity index (χ1) is 14.3. The number of para-hydroxylation sites is 1. The van der Waals surface area contributed by atoms with Crippen molar-refractivity contribution in [2.45, 2.75) is 11.8 Å². The lowest BCUT2D eigenvalue weighted by Gasteiger charge is -2.34. The second kappa shape index (κ2) is 7.98. The van der Waals surface area contributed by atoms with E-state index in [1.54, 1.807) is 23.5 Å². The number of amides is 1. The number of carbonyl (C=O) groups excluding carboxylic acids is 1. The van der Waals surface area contributed by atoms with E-state index in [9.17, 15) is 13.2 Å². The summed E-state index contributed by atoms with van der Waals surface area (Å²) in [6.45, 7) is 4.71. The lowest BCUT2D eigenvalue weighted by atomic mass is 10.2. The molecule has 7 nitrogen and oxygen atoms in total. The Bertz CT molecular complexity index is 1180. The van der Waals surface area contributed by atoms with Crippen LogP contribution >= 0.6 is 11.3 Å². The van der Waals surface area contributed by atoms with Gasteiger partial charge in [-0.25, -0.2) is 17.7 Å². The van der Waals surface area contributed by atoms with E-state index >= 15 is 0 Å². The molecular formula is C21H24N4O3S2. The van der Waals surface area contributed by atoms with Crippen molar-refractivity contribution in [3.05, 3.63) is 53.6 Å². The van der Waals surface area contributed by atoms with Crippen LogP contribution in [-0.2, 0) is 10.0 Å². The van der Waals surface area contributed by atoms with Crippen molar-refractivity contribution in [3.8, 4) is 0 Å². The zero-order valence-electron chi connectivity index (χ0n) is 17.2. The highest BCUT2D eigenvalue weighted by Gasteiger charge is 2.25. The SMILES string of the molecule is Cc1cccc2sc(N3CCN(C(=O)c4ccc(S(=O)(=O)N(C)C)cc4)CC3)nc12. The Balaban J connectivity index is 1.43. The van der Waals surface area contributed by atoms with E-state index in [-0.39, 0.29) is 10.8 Å². The highest BCUT2D eigenvalue weighted by atomic mass is 32.2. The van der Waals surface area contributed by atoms with Crippen molar-refractivity contribution in [2.75, 3.05) is 45.2 Å². The second-order valence-corrected chi connectivity index (χ2v) is 10.7. The quantitative estimate of drug-likeness (QED) is 0.619. The number of fused-ring (bicyclic) bond motifs is 1. The van der Waals surface area contributed by atoms with E-state index in [1.807, 2.05) is 11.0 Å². The van der Waals surface area contributed by atoms with Gasteiger partial charge in [-0.2, -0.15) is 0 Å². The zero-order chi connectivity index (χ0) is 21.5. The van der Waals surface area contributed by atoms with Gasteiger partial charge in [0, 0.05) is 45.8 Å². The maximum Gasteiger partial charge on any atom is 0.253 e. The van der Waals surface area contributed by atoms with Gasteiger partial charge in [0.25, 0.3) is 5.91 Å². The predicted molar refractivity (Wildman–Crippen MR) is 120 cm³/mol. The molecule has 30 heavy (non-hydrogen) atoms. The molecular weight excluding hydrogens is 420 g/mol. The molecule has 1 aliphatic heterocycles. The summed E-state index contributed by atoms with van der Waals surface area (Å²) in [5.41, 5.74) is 2.71. The molecule has 0 atom stereocenters. The number of rotatable bonds is 4. The molecule has 2 heterocycles. The van der Waals surface area contributed by atoms with Crippen LogP contribution in [0.15, 0.2) is 47.4 Å². The number of thiazole rings is 1. The van der Waals surface area contributed by atoms with Gasteiger partial charge < -0.3 is 9.80 Å². The second-order valence-electron chi connectivity index (χ2n) is 7.51. The minimum atomic E-state index is -3.50. The molecule has 1 saturated heterocycles. The van der Waals surface area contributed by atoms with E-state index in [0.717, 1.165) is 28.0 Å². The number of aromatic nitrogens is 1. The molecule has 1 amide bonds. The first-order valence-electron chi connectivity index (χ1n) is 9.70. The topological polar surface area (TPSA) is 73.8 Å². The third-order valence-corrected chi connectivity index (χ3v) is 8.24. The van der Waals surface area contributed by atoms with Gasteiger partial charge in [0.2, 0.25) is 10.0 Å². The number of anilines is 1. The molecule has 0 radical (unpaired) electrons. The number of sulfonamides is 1. The Morgan fingerprint density at radius 2 is 1.70 bits per heavy atom. The standard InChI is InChI=1S/C21H24N4O3S2/c1-15-5-4-6-18-19(15)22-21(29-18)25-13-11-24(12-14-25)20(26)16-7-9-17(10-8-16)30(27,28)23(2)3/h4-10H,11-14H2,1-3H3. The maximum atomic E-state index is 12.9. The van der Waals surface area contributed by atoms with Crippen molar-refractivity contribution < 1.29 is 13.2 Å². The molecule has 158 valence electrons. The summed E-state index contributed by atoms with van der Waals surface area (Å²) in [5.74, 6) is -0.0800. The van der Waals surface area contributed by atoms with Crippen LogP contribution in [0.5, 0.6) is 0 Å². The van der Waals surface area contributed by atoms with Gasteiger partial charge in [0.15, 0.2) is 5.13 Å². The van der Waals surface area contributed by atoms with Crippen LogP contribution in [0.2, 0.25) is 0 Å². The lowest BCUT2D eigenvalue weighted by molar-refractivity contribution is 0.0746. The Morgan fingerprint density at radius 1 is 1.03 bits per heavy atom. The molecule has 1 fully saturated rings. The molecule has 0 N–H and O–H groups in total. The minimum absolute atomic E-state index is 0.0800. The summed E-state index contributed by atoms with van der Waals surface area (Å²) >= 11 is 1.68. The zero-order valence-corrected chi connectivity index (χ0v) is 18.8. The molecule has 0 spiro atoms. The van der Waals surface area contributed by atoms with E-state index in [0.29, 0.717) is 18.7 Å². The van der Waals surface area contributed by atoms with Crippen molar-refractivity contribution >= 4 is 42.6 Å². The molecule has 0 unspecified atom stereocenters. The van der Waals surface area contributed by atoms with Crippen LogP contribution in [0.3, 0.4) is 0 Å². The van der Waals surface area contributed by atoms with Crippen molar-refractivity contribution in [1.29, 1.82) is 0 Å². The fourth-order valence-corrected chi connectivity index (χ4v) is 5.47. The molecule has 4 rings (SSSR count). The molecule has 0 aliphatic carbocycles. The summed E-state index contributed by atoms with van der Waals surface area (Å²) in [4.78, 5) is 21.9. The Hall–Kier alpha value is -2.49. The number of nitrogens with zero attached hydrogens (tertiary/aromatic N) is 4. The van der Waals surface area contributed by atoms with E-state index < -0.39 is 10.0 Å². The van der Waals surface area contributed by atoms with Gasteiger partial charge >= 0.3 is 0 Å². The molecule has 0 bridgehead atoms. The number of aryl methyl sites for hydroxylation is 1. The smallest absolute Gasteiger partial charge is 0.253 e. The van der Waals surface area contributed by atoms with Gasteiger partial charge in [0.1, 0.15) is 0 Å². The van der Waals surface area contributed by atoms with Gasteiger partial charge in [-0.05, 0) is 42.8 Å². The summed E-state index contributed by atoms with van der Waals surface area (Å²) in [6.07, 6.45) is 0. The van der Waals surface area contributed by atoms with Gasteiger partial charge in [0.05, 0.1) is 15.1 Å². The number of hydrogen-bond donors (Lipinski definition) is 0. The van der Waals surface area contributed by atoms with Crippen molar-refractivity contribution in [3.63, 3.8) is 0 Å². The van der Waals surface area contributed by atoms with Gasteiger partial charge in [-0.1, -0.05) is 23.5 Å². The number of carbonyl (C=O) groups is 1. The third kappa shape index (κ3) is 3.80. The summed E-state index contributed by atoms with van der Waals surface area (Å²) in [6, 6.07) is 12.3. The first kappa shape index (κ1) is 20.8. The monoisotopic (exact) mass is 444 g/mol. The highest BCUT2D eigenvalue weighted by molar-refractivity contribution is 7.89. The van der Waals surface area contributed by atoms with Crippen LogP contribution in [-0.4, -0.2) is 68.8 Å². The largest absolute Gasteiger partial charge is 0.345 e.